The summed E-state index contributed by atoms with van der Waals surface area (Å²) in [5, 5.41) is 16.8. The monoisotopic (exact) mass is 573 g/mol. The van der Waals surface area contributed by atoms with Crippen molar-refractivity contribution >= 4 is 34.7 Å². The summed E-state index contributed by atoms with van der Waals surface area (Å²) >= 11 is 1.37. The summed E-state index contributed by atoms with van der Waals surface area (Å²) in [6.07, 6.45) is 2.07. The van der Waals surface area contributed by atoms with Gasteiger partial charge in [-0.05, 0) is 70.9 Å². The highest BCUT2D eigenvalue weighted by molar-refractivity contribution is 7.99. The first kappa shape index (κ1) is 27.0. The Labute approximate surface area is 247 Å². The van der Waals surface area contributed by atoms with Gasteiger partial charge < -0.3 is 9.15 Å². The molecule has 8 nitrogen and oxygen atoms in total. The highest BCUT2D eigenvalue weighted by Gasteiger charge is 2.18. The van der Waals surface area contributed by atoms with E-state index < -0.39 is 0 Å². The zero-order valence-corrected chi connectivity index (χ0v) is 23.6. The zero-order chi connectivity index (χ0) is 28.7. The number of benzene rings is 4. The largest absolute Gasteiger partial charge is 0.483 e. The van der Waals surface area contributed by atoms with Gasteiger partial charge in [-0.3, -0.25) is 9.36 Å². The molecule has 0 atom stereocenters. The van der Waals surface area contributed by atoms with E-state index in [1.54, 1.807) is 6.07 Å². The predicted octanol–water partition coefficient (Wildman–Crippen LogP) is 6.59. The Morgan fingerprint density at radius 1 is 0.929 bits per heavy atom. The molecule has 0 fully saturated rings. The third-order valence-electron chi connectivity index (χ3n) is 6.57. The molecule has 0 spiro atoms. The summed E-state index contributed by atoms with van der Waals surface area (Å²) in [7, 11) is 0. The van der Waals surface area contributed by atoms with Gasteiger partial charge in [-0.1, -0.05) is 78.9 Å². The van der Waals surface area contributed by atoms with Gasteiger partial charge in [0.25, 0.3) is 5.91 Å². The van der Waals surface area contributed by atoms with E-state index in [0.717, 1.165) is 17.1 Å². The molecule has 4 aromatic carbocycles. The van der Waals surface area contributed by atoms with Gasteiger partial charge in [0.05, 0.1) is 6.21 Å². The van der Waals surface area contributed by atoms with Crippen molar-refractivity contribution in [1.29, 1.82) is 0 Å². The number of carbonyl (C=O) groups is 1. The molecule has 0 saturated heterocycles. The third kappa shape index (κ3) is 6.26. The minimum Gasteiger partial charge on any atom is -0.483 e. The molecular weight excluding hydrogens is 546 g/mol. The molecule has 0 saturated carbocycles. The van der Waals surface area contributed by atoms with Gasteiger partial charge in [-0.25, -0.2) is 5.43 Å². The quantitative estimate of drug-likeness (QED) is 0.147. The lowest BCUT2D eigenvalue weighted by Gasteiger charge is -2.11. The number of amides is 1. The fourth-order valence-electron chi connectivity index (χ4n) is 4.54. The summed E-state index contributed by atoms with van der Waals surface area (Å²) in [6, 6.07) is 35.8. The van der Waals surface area contributed by atoms with Crippen molar-refractivity contribution in [1.82, 2.24) is 20.2 Å². The lowest BCUT2D eigenvalue weighted by molar-refractivity contribution is -0.123. The summed E-state index contributed by atoms with van der Waals surface area (Å²) in [4.78, 5) is 12.1. The van der Waals surface area contributed by atoms with Crippen molar-refractivity contribution in [2.75, 3.05) is 6.61 Å². The molecular formula is C33H27N5O3S. The average molecular weight is 574 g/mol. The zero-order valence-electron chi connectivity index (χ0n) is 22.8. The van der Waals surface area contributed by atoms with Crippen LogP contribution < -0.4 is 10.2 Å². The van der Waals surface area contributed by atoms with Gasteiger partial charge in [0.15, 0.2) is 11.7 Å². The number of furan rings is 1. The minimum absolute atomic E-state index is 0.141. The number of hydrazone groups is 1. The van der Waals surface area contributed by atoms with Crippen LogP contribution in [0.15, 0.2) is 129 Å². The molecule has 0 bridgehead atoms. The highest BCUT2D eigenvalue weighted by atomic mass is 32.2. The molecule has 0 aliphatic rings. The molecule has 6 rings (SSSR count). The van der Waals surface area contributed by atoms with E-state index in [2.05, 4.69) is 61.7 Å². The maximum atomic E-state index is 12.1. The van der Waals surface area contributed by atoms with E-state index in [1.165, 1.54) is 34.3 Å². The van der Waals surface area contributed by atoms with Crippen molar-refractivity contribution in [3.63, 3.8) is 0 Å². The molecule has 9 heteroatoms. The van der Waals surface area contributed by atoms with Crippen molar-refractivity contribution < 1.29 is 13.9 Å². The number of para-hydroxylation sites is 2. The van der Waals surface area contributed by atoms with Gasteiger partial charge in [0, 0.05) is 12.1 Å². The fourth-order valence-corrected chi connectivity index (χ4v) is 5.38. The van der Waals surface area contributed by atoms with Crippen molar-refractivity contribution in [3.8, 4) is 11.4 Å². The molecule has 0 aliphatic heterocycles. The Balaban J connectivity index is 1.16. The lowest BCUT2D eigenvalue weighted by Crippen LogP contribution is -2.24. The number of aromatic nitrogens is 3. The van der Waals surface area contributed by atoms with Gasteiger partial charge >= 0.3 is 0 Å². The molecule has 1 N–H and O–H groups in total. The van der Waals surface area contributed by atoms with Crippen LogP contribution in [-0.4, -0.2) is 33.5 Å². The summed E-state index contributed by atoms with van der Waals surface area (Å²) in [6.45, 7) is 1.78. The minimum atomic E-state index is -0.370. The second-order valence-corrected chi connectivity index (χ2v) is 10.5. The van der Waals surface area contributed by atoms with Crippen LogP contribution in [0.2, 0.25) is 0 Å². The molecule has 0 aliphatic carbocycles. The maximum absolute atomic E-state index is 12.1. The molecule has 0 radical (unpaired) electrons. The number of nitrogens with one attached hydrogen (secondary N) is 1. The first-order valence-electron chi connectivity index (χ1n) is 13.4. The van der Waals surface area contributed by atoms with Crippen molar-refractivity contribution in [2.45, 2.75) is 23.6 Å². The number of hydrogen-bond acceptors (Lipinski definition) is 7. The summed E-state index contributed by atoms with van der Waals surface area (Å²) in [5.74, 6) is 1.60. The van der Waals surface area contributed by atoms with E-state index in [9.17, 15) is 4.79 Å². The van der Waals surface area contributed by atoms with Crippen LogP contribution in [0.5, 0.6) is 5.75 Å². The molecule has 208 valence electrons. The van der Waals surface area contributed by atoms with Gasteiger partial charge in [0.1, 0.15) is 17.3 Å². The number of nitrogens with zero attached hydrogens (tertiary/aromatic N) is 4. The third-order valence-corrected chi connectivity index (χ3v) is 7.44. The number of fused-ring (bicyclic) bond motifs is 1. The Bertz CT molecular complexity index is 1860. The Morgan fingerprint density at radius 2 is 1.71 bits per heavy atom. The van der Waals surface area contributed by atoms with Gasteiger partial charge in [0.2, 0.25) is 5.16 Å². The smallest absolute Gasteiger partial charge is 0.277 e. The number of hydrogen-bond donors (Lipinski definition) is 1. The van der Waals surface area contributed by atoms with Crippen LogP contribution in [0.4, 0.5) is 0 Å². The van der Waals surface area contributed by atoms with Crippen LogP contribution in [0.1, 0.15) is 22.7 Å². The molecule has 2 heterocycles. The maximum Gasteiger partial charge on any atom is 0.277 e. The standard InChI is InChI=1S/C33H27N5O3S/c1-23-10-5-8-17-29(23)40-22-31(39)36-34-21-27-18-19-32(41-27)42-33-37-35-30(38(33)26-14-3-2-4-15-26)20-25-13-9-12-24-11-6-7-16-28(24)25/h2-19,21H,20,22H2,1H3,(H,36,39)/b34-21-. The van der Waals surface area contributed by atoms with E-state index in [0.29, 0.717) is 28.2 Å². The van der Waals surface area contributed by atoms with Crippen LogP contribution >= 0.6 is 11.8 Å². The molecule has 1 amide bonds. The molecule has 42 heavy (non-hydrogen) atoms. The highest BCUT2D eigenvalue weighted by Crippen LogP contribution is 2.31. The SMILES string of the molecule is Cc1ccccc1OCC(=O)N/N=C\c1ccc(Sc2nnc(Cc3cccc4ccccc34)n2-c2ccccc2)o1. The van der Waals surface area contributed by atoms with Crippen molar-refractivity contribution in [3.05, 3.63) is 132 Å². The second-order valence-electron chi connectivity index (χ2n) is 9.49. The van der Waals surface area contributed by atoms with E-state index >= 15 is 0 Å². The van der Waals surface area contributed by atoms with Crippen LogP contribution in [0, 0.1) is 6.92 Å². The first-order valence-corrected chi connectivity index (χ1v) is 14.2. The molecule has 6 aromatic rings. The first-order chi connectivity index (χ1) is 20.6. The number of aryl methyl sites for hydroxylation is 1. The van der Waals surface area contributed by atoms with Gasteiger partial charge in [-0.15, -0.1) is 10.2 Å². The van der Waals surface area contributed by atoms with Crippen LogP contribution in [0.25, 0.3) is 16.5 Å². The topological polar surface area (TPSA) is 94.5 Å². The Morgan fingerprint density at radius 3 is 2.60 bits per heavy atom. The van der Waals surface area contributed by atoms with Crippen molar-refractivity contribution in [2.24, 2.45) is 5.10 Å². The number of rotatable bonds is 10. The van der Waals surface area contributed by atoms with E-state index in [4.69, 9.17) is 9.15 Å². The normalized spacial score (nSPS) is 11.3. The second kappa shape index (κ2) is 12.6. The Hall–Kier alpha value is -5.15. The Kier molecular flexibility index (Phi) is 8.09. The van der Waals surface area contributed by atoms with E-state index in [-0.39, 0.29) is 12.5 Å². The number of ether oxygens (including phenoxy) is 1. The van der Waals surface area contributed by atoms with E-state index in [1.807, 2.05) is 73.7 Å². The molecule has 0 unspecified atom stereocenters. The fraction of sp³-hybridized carbons (Fsp3) is 0.0909. The van der Waals surface area contributed by atoms with Crippen LogP contribution in [0.3, 0.4) is 0 Å². The summed E-state index contributed by atoms with van der Waals surface area (Å²) in [5.41, 5.74) is 5.56. The predicted molar refractivity (Wildman–Crippen MR) is 163 cm³/mol. The van der Waals surface area contributed by atoms with Crippen LogP contribution in [-0.2, 0) is 11.2 Å². The summed E-state index contributed by atoms with van der Waals surface area (Å²) < 4.78 is 13.5. The number of carbonyl (C=O) groups excluding carboxylic acids is 1. The molecule has 2 aromatic heterocycles. The lowest BCUT2D eigenvalue weighted by atomic mass is 10.0. The van der Waals surface area contributed by atoms with Gasteiger partial charge in [-0.2, -0.15) is 5.10 Å². The average Bonchev–Trinajstić information content (AvgIpc) is 3.64.